The van der Waals surface area contributed by atoms with Crippen LogP contribution in [0.1, 0.15) is 5.76 Å². The van der Waals surface area contributed by atoms with Crippen LogP contribution in [-0.4, -0.2) is 0 Å². The minimum absolute atomic E-state index is 0.843. The Hall–Kier alpha value is -0.340. The fourth-order valence-electron chi connectivity index (χ4n) is 0.561. The van der Waals surface area contributed by atoms with E-state index < -0.39 is 0 Å². The van der Waals surface area contributed by atoms with E-state index in [1.807, 2.05) is 17.5 Å². The molecule has 0 saturated carbocycles. The lowest BCUT2D eigenvalue weighted by atomic mass is 10.5. The van der Waals surface area contributed by atoms with E-state index in [0.29, 0.717) is 0 Å². The molecule has 0 atom stereocenters. The molecule has 3 heteroatoms. The Kier molecular flexibility index (Phi) is 3.47. The molecule has 0 aliphatic heterocycles. The Morgan fingerprint density at radius 2 is 2.60 bits per heavy atom. The van der Waals surface area contributed by atoms with Gasteiger partial charge < -0.3 is 4.42 Å². The van der Waals surface area contributed by atoms with Crippen LogP contribution in [0.2, 0.25) is 0 Å². The molecule has 10 heavy (non-hydrogen) atoms. The van der Waals surface area contributed by atoms with Gasteiger partial charge in [-0.25, -0.2) is 0 Å². The van der Waals surface area contributed by atoms with Crippen molar-refractivity contribution in [2.45, 2.75) is 5.75 Å². The van der Waals surface area contributed by atoms with Crippen LogP contribution in [0.25, 0.3) is 0 Å². The summed E-state index contributed by atoms with van der Waals surface area (Å²) in [7, 11) is 0. The van der Waals surface area contributed by atoms with E-state index in [1.54, 1.807) is 18.0 Å². The maximum atomic E-state index is 5.31. The number of furan rings is 1. The van der Waals surface area contributed by atoms with Gasteiger partial charge in [0.2, 0.25) is 0 Å². The average Bonchev–Trinajstić information content (AvgIpc) is 2.41. The number of rotatable bonds is 3. The Labute approximate surface area is 69.1 Å². The summed E-state index contributed by atoms with van der Waals surface area (Å²) in [5.41, 5.74) is 1.49. The molecule has 0 aliphatic rings. The molecule has 0 N–H and O–H groups in total. The molecule has 0 radical (unpaired) electrons. The standard InChI is InChI=1S/C7H7ClOS/c8-3-5-10-6-7-2-1-4-9-7/h1-5H,6H2/b5-3+. The number of hydrogen-bond acceptors (Lipinski definition) is 2. The summed E-state index contributed by atoms with van der Waals surface area (Å²) in [4.78, 5) is 0. The van der Waals surface area contributed by atoms with Gasteiger partial charge in [-0.2, -0.15) is 0 Å². The molecule has 1 nitrogen and oxygen atoms in total. The minimum Gasteiger partial charge on any atom is -0.468 e. The predicted molar refractivity (Wildman–Crippen MR) is 45.0 cm³/mol. The van der Waals surface area contributed by atoms with Gasteiger partial charge in [0.15, 0.2) is 0 Å². The second-order valence-corrected chi connectivity index (χ2v) is 2.80. The highest BCUT2D eigenvalue weighted by atomic mass is 35.5. The molecule has 0 aliphatic carbocycles. The van der Waals surface area contributed by atoms with Crippen molar-refractivity contribution in [3.8, 4) is 0 Å². The van der Waals surface area contributed by atoms with E-state index >= 15 is 0 Å². The van der Waals surface area contributed by atoms with E-state index in [-0.39, 0.29) is 0 Å². The molecule has 0 amide bonds. The molecule has 0 saturated heterocycles. The Bertz CT molecular complexity index is 193. The Morgan fingerprint density at radius 3 is 3.20 bits per heavy atom. The number of hydrogen-bond donors (Lipinski definition) is 0. The van der Waals surface area contributed by atoms with E-state index in [1.165, 1.54) is 5.54 Å². The fraction of sp³-hybridized carbons (Fsp3) is 0.143. The second-order valence-electron chi connectivity index (χ2n) is 1.65. The molecule has 0 unspecified atom stereocenters. The molecule has 0 bridgehead atoms. The van der Waals surface area contributed by atoms with Gasteiger partial charge >= 0.3 is 0 Å². The van der Waals surface area contributed by atoms with Crippen LogP contribution in [0.3, 0.4) is 0 Å². The quantitative estimate of drug-likeness (QED) is 0.698. The van der Waals surface area contributed by atoms with Gasteiger partial charge in [-0.3, -0.25) is 0 Å². The summed E-state index contributed by atoms with van der Waals surface area (Å²) in [6, 6.07) is 3.81. The van der Waals surface area contributed by atoms with Gasteiger partial charge in [-0.05, 0) is 17.5 Å². The van der Waals surface area contributed by atoms with Crippen LogP contribution in [0.5, 0.6) is 0 Å². The van der Waals surface area contributed by atoms with Crippen molar-refractivity contribution in [3.05, 3.63) is 35.1 Å². The molecule has 1 aromatic rings. The fourth-order valence-corrected chi connectivity index (χ4v) is 1.28. The minimum atomic E-state index is 0.843. The van der Waals surface area contributed by atoms with Crippen LogP contribution in [-0.2, 0) is 5.75 Å². The highest BCUT2D eigenvalue weighted by Crippen LogP contribution is 2.13. The van der Waals surface area contributed by atoms with Gasteiger partial charge in [0.25, 0.3) is 0 Å². The van der Waals surface area contributed by atoms with Crippen molar-refractivity contribution < 1.29 is 4.42 Å². The first-order valence-electron chi connectivity index (χ1n) is 2.82. The topological polar surface area (TPSA) is 13.1 Å². The van der Waals surface area contributed by atoms with Crippen molar-refractivity contribution in [2.75, 3.05) is 0 Å². The first-order chi connectivity index (χ1) is 4.93. The Morgan fingerprint density at radius 1 is 1.70 bits per heavy atom. The van der Waals surface area contributed by atoms with Gasteiger partial charge in [0.05, 0.1) is 12.0 Å². The predicted octanol–water partition coefficient (Wildman–Crippen LogP) is 3.22. The molecule has 54 valence electrons. The monoisotopic (exact) mass is 174 g/mol. The molecule has 0 spiro atoms. The van der Waals surface area contributed by atoms with E-state index in [2.05, 4.69) is 0 Å². The van der Waals surface area contributed by atoms with Crippen LogP contribution >= 0.6 is 23.4 Å². The zero-order valence-electron chi connectivity index (χ0n) is 5.29. The first-order valence-corrected chi connectivity index (χ1v) is 4.31. The van der Waals surface area contributed by atoms with Crippen LogP contribution in [0.15, 0.2) is 33.8 Å². The van der Waals surface area contributed by atoms with Gasteiger partial charge in [0, 0.05) is 5.54 Å². The molecule has 0 fully saturated rings. The molecule has 0 aromatic carbocycles. The lowest BCUT2D eigenvalue weighted by Gasteiger charge is -1.88. The largest absolute Gasteiger partial charge is 0.468 e. The lowest BCUT2D eigenvalue weighted by molar-refractivity contribution is 0.530. The van der Waals surface area contributed by atoms with Crippen LogP contribution in [0.4, 0.5) is 0 Å². The van der Waals surface area contributed by atoms with E-state index in [0.717, 1.165) is 11.5 Å². The van der Waals surface area contributed by atoms with E-state index in [9.17, 15) is 0 Å². The van der Waals surface area contributed by atoms with Crippen LogP contribution in [0, 0.1) is 0 Å². The highest BCUT2D eigenvalue weighted by Gasteiger charge is 1.91. The highest BCUT2D eigenvalue weighted by molar-refractivity contribution is 8.01. The summed E-state index contributed by atoms with van der Waals surface area (Å²) in [5.74, 6) is 1.82. The summed E-state index contributed by atoms with van der Waals surface area (Å²) >= 11 is 6.91. The molecule has 1 aromatic heterocycles. The van der Waals surface area contributed by atoms with Gasteiger partial charge in [-0.15, -0.1) is 11.8 Å². The van der Waals surface area contributed by atoms with Gasteiger partial charge in [0.1, 0.15) is 5.76 Å². The van der Waals surface area contributed by atoms with Crippen LogP contribution < -0.4 is 0 Å². The second kappa shape index (κ2) is 4.47. The normalized spacial score (nSPS) is 10.9. The van der Waals surface area contributed by atoms with Crippen molar-refractivity contribution in [1.29, 1.82) is 0 Å². The summed E-state index contributed by atoms with van der Waals surface area (Å²) < 4.78 is 5.08. The summed E-state index contributed by atoms with van der Waals surface area (Å²) in [5, 5.41) is 1.82. The van der Waals surface area contributed by atoms with E-state index in [4.69, 9.17) is 16.0 Å². The smallest absolute Gasteiger partial charge is 0.113 e. The number of halogens is 1. The molecule has 1 rings (SSSR count). The number of thioether (sulfide) groups is 1. The van der Waals surface area contributed by atoms with Crippen molar-refractivity contribution >= 4 is 23.4 Å². The van der Waals surface area contributed by atoms with Crippen molar-refractivity contribution in [3.63, 3.8) is 0 Å². The van der Waals surface area contributed by atoms with Gasteiger partial charge in [-0.1, -0.05) is 11.6 Å². The first kappa shape index (κ1) is 7.76. The maximum Gasteiger partial charge on any atom is 0.113 e. The zero-order valence-corrected chi connectivity index (χ0v) is 6.86. The lowest BCUT2D eigenvalue weighted by Crippen LogP contribution is -1.68. The summed E-state index contributed by atoms with van der Waals surface area (Å²) in [6.45, 7) is 0. The third-order valence-corrected chi connectivity index (χ3v) is 2.01. The van der Waals surface area contributed by atoms with Crippen molar-refractivity contribution in [1.82, 2.24) is 0 Å². The summed E-state index contributed by atoms with van der Waals surface area (Å²) in [6.07, 6.45) is 1.67. The average molecular weight is 175 g/mol. The molecular weight excluding hydrogens is 168 g/mol. The third kappa shape index (κ3) is 2.50. The SMILES string of the molecule is Cl/C=C/SCc1ccco1. The Balaban J connectivity index is 2.28. The van der Waals surface area contributed by atoms with Crippen molar-refractivity contribution in [2.24, 2.45) is 0 Å². The third-order valence-electron chi connectivity index (χ3n) is 0.953. The molecular formula is C7H7ClOS. The zero-order chi connectivity index (χ0) is 7.23. The molecule has 1 heterocycles. The maximum absolute atomic E-state index is 5.31.